The van der Waals surface area contributed by atoms with Crippen LogP contribution in [0, 0.1) is 13.8 Å². The molecule has 0 aliphatic heterocycles. The molecule has 6 heteroatoms. The van der Waals surface area contributed by atoms with Crippen molar-refractivity contribution < 1.29 is 14.3 Å². The van der Waals surface area contributed by atoms with Crippen LogP contribution < -0.4 is 10.9 Å². The summed E-state index contributed by atoms with van der Waals surface area (Å²) in [5, 5.41) is 12.8. The molecular formula is C16H20N2O4. The fourth-order valence-corrected chi connectivity index (χ4v) is 2.32. The van der Waals surface area contributed by atoms with Gasteiger partial charge in [0, 0.05) is 25.4 Å². The van der Waals surface area contributed by atoms with E-state index >= 15 is 0 Å². The maximum absolute atomic E-state index is 12.0. The third kappa shape index (κ3) is 3.46. The van der Waals surface area contributed by atoms with Crippen LogP contribution >= 0.6 is 0 Å². The highest BCUT2D eigenvalue weighted by Crippen LogP contribution is 2.23. The van der Waals surface area contributed by atoms with Gasteiger partial charge in [0.05, 0.1) is 6.10 Å². The summed E-state index contributed by atoms with van der Waals surface area (Å²) < 4.78 is 6.72. The monoisotopic (exact) mass is 304 g/mol. The molecule has 0 fully saturated rings. The highest BCUT2D eigenvalue weighted by molar-refractivity contribution is 5.93. The van der Waals surface area contributed by atoms with Crippen LogP contribution in [-0.4, -0.2) is 22.1 Å². The largest absolute Gasteiger partial charge is 0.466 e. The Balaban J connectivity index is 1.93. The van der Waals surface area contributed by atoms with E-state index < -0.39 is 12.0 Å². The van der Waals surface area contributed by atoms with Gasteiger partial charge in [-0.05, 0) is 38.5 Å². The van der Waals surface area contributed by atoms with Crippen molar-refractivity contribution >= 4 is 5.91 Å². The highest BCUT2D eigenvalue weighted by Gasteiger charge is 2.15. The van der Waals surface area contributed by atoms with E-state index in [0.29, 0.717) is 12.2 Å². The Morgan fingerprint density at radius 1 is 1.45 bits per heavy atom. The van der Waals surface area contributed by atoms with Crippen molar-refractivity contribution in [3.05, 3.63) is 57.4 Å². The minimum atomic E-state index is -0.712. The summed E-state index contributed by atoms with van der Waals surface area (Å²) in [5.41, 5.74) is 0.471. The van der Waals surface area contributed by atoms with Gasteiger partial charge in [0.2, 0.25) is 0 Å². The van der Waals surface area contributed by atoms with Crippen molar-refractivity contribution in [3.63, 3.8) is 0 Å². The molecule has 1 atom stereocenters. The van der Waals surface area contributed by atoms with E-state index in [0.717, 1.165) is 11.3 Å². The summed E-state index contributed by atoms with van der Waals surface area (Å²) >= 11 is 0. The van der Waals surface area contributed by atoms with Gasteiger partial charge in [-0.3, -0.25) is 9.59 Å². The van der Waals surface area contributed by atoms with Crippen molar-refractivity contribution in [2.45, 2.75) is 26.4 Å². The van der Waals surface area contributed by atoms with E-state index in [1.807, 2.05) is 6.92 Å². The predicted molar refractivity (Wildman–Crippen MR) is 81.8 cm³/mol. The first-order valence-corrected chi connectivity index (χ1v) is 7.09. The molecular weight excluding hydrogens is 284 g/mol. The first-order chi connectivity index (χ1) is 10.4. The summed E-state index contributed by atoms with van der Waals surface area (Å²) in [6, 6.07) is 4.91. The highest BCUT2D eigenvalue weighted by atomic mass is 16.3. The van der Waals surface area contributed by atoms with Crippen LogP contribution in [0.4, 0.5) is 0 Å². The third-order valence-corrected chi connectivity index (χ3v) is 3.51. The Hall–Kier alpha value is -2.34. The van der Waals surface area contributed by atoms with Gasteiger partial charge in [0.15, 0.2) is 0 Å². The molecule has 1 amide bonds. The first kappa shape index (κ1) is 16.0. The van der Waals surface area contributed by atoms with Crippen LogP contribution in [0.15, 0.2) is 33.6 Å². The van der Waals surface area contributed by atoms with E-state index in [1.54, 1.807) is 32.3 Å². The minimum absolute atomic E-state index is 0.0924. The van der Waals surface area contributed by atoms with Crippen LogP contribution in [0.2, 0.25) is 0 Å². The zero-order chi connectivity index (χ0) is 16.3. The molecule has 0 aliphatic carbocycles. The molecule has 2 heterocycles. The molecule has 0 saturated heterocycles. The maximum atomic E-state index is 12.0. The second kappa shape index (κ2) is 6.62. The second-order valence-corrected chi connectivity index (χ2v) is 5.27. The fourth-order valence-electron chi connectivity index (χ4n) is 2.32. The standard InChI is InChI=1S/C16H20N2O4/c1-10-9-13(11(2)22-10)14(19)6-7-17-15(20)12-5-4-8-18(3)16(12)21/h4-5,8-9,14,19H,6-7H2,1-3H3,(H,17,20). The lowest BCUT2D eigenvalue weighted by Crippen LogP contribution is -2.32. The number of hydrogen-bond donors (Lipinski definition) is 2. The Kier molecular flexibility index (Phi) is 4.82. The van der Waals surface area contributed by atoms with Crippen LogP contribution in [0.5, 0.6) is 0 Å². The number of rotatable bonds is 5. The molecule has 6 nitrogen and oxygen atoms in total. The lowest BCUT2D eigenvalue weighted by Gasteiger charge is -2.10. The van der Waals surface area contributed by atoms with Gasteiger partial charge in [0.25, 0.3) is 11.5 Å². The summed E-state index contributed by atoms with van der Waals surface area (Å²) in [4.78, 5) is 23.8. The molecule has 2 aromatic heterocycles. The SMILES string of the molecule is Cc1cc(C(O)CCNC(=O)c2cccn(C)c2=O)c(C)o1. The molecule has 118 valence electrons. The van der Waals surface area contributed by atoms with Gasteiger partial charge in [-0.15, -0.1) is 0 Å². The molecule has 0 saturated carbocycles. The third-order valence-electron chi connectivity index (χ3n) is 3.51. The molecule has 0 spiro atoms. The number of nitrogens with zero attached hydrogens (tertiary/aromatic N) is 1. The molecule has 22 heavy (non-hydrogen) atoms. The van der Waals surface area contributed by atoms with Gasteiger partial charge in [-0.2, -0.15) is 0 Å². The summed E-state index contributed by atoms with van der Waals surface area (Å²) in [6.45, 7) is 3.87. The smallest absolute Gasteiger partial charge is 0.263 e. The number of nitrogens with one attached hydrogen (secondary N) is 1. The van der Waals surface area contributed by atoms with E-state index in [-0.39, 0.29) is 17.7 Å². The number of aromatic nitrogens is 1. The zero-order valence-electron chi connectivity index (χ0n) is 12.9. The maximum Gasteiger partial charge on any atom is 0.263 e. The number of pyridine rings is 1. The lowest BCUT2D eigenvalue weighted by atomic mass is 10.1. The van der Waals surface area contributed by atoms with Crippen molar-refractivity contribution in [2.24, 2.45) is 7.05 Å². The molecule has 0 aliphatic rings. The van der Waals surface area contributed by atoms with Gasteiger partial charge in [-0.1, -0.05) is 0 Å². The number of hydrogen-bond acceptors (Lipinski definition) is 4. The number of carbonyl (C=O) groups is 1. The number of aliphatic hydroxyl groups is 1. The average Bonchev–Trinajstić information content (AvgIpc) is 2.80. The topological polar surface area (TPSA) is 84.5 Å². The van der Waals surface area contributed by atoms with Gasteiger partial charge in [-0.25, -0.2) is 0 Å². The second-order valence-electron chi connectivity index (χ2n) is 5.27. The van der Waals surface area contributed by atoms with Crippen LogP contribution in [0.1, 0.15) is 40.0 Å². The molecule has 1 unspecified atom stereocenters. The van der Waals surface area contributed by atoms with Gasteiger partial charge >= 0.3 is 0 Å². The van der Waals surface area contributed by atoms with Gasteiger partial charge < -0.3 is 19.4 Å². The summed E-state index contributed by atoms with van der Waals surface area (Å²) in [6.07, 6.45) is 1.22. The quantitative estimate of drug-likeness (QED) is 0.875. The Morgan fingerprint density at radius 3 is 2.82 bits per heavy atom. The van der Waals surface area contributed by atoms with Crippen LogP contribution in [0.3, 0.4) is 0 Å². The van der Waals surface area contributed by atoms with E-state index in [1.165, 1.54) is 10.6 Å². The summed E-state index contributed by atoms with van der Waals surface area (Å²) in [7, 11) is 1.59. The van der Waals surface area contributed by atoms with Crippen molar-refractivity contribution in [2.75, 3.05) is 6.54 Å². The van der Waals surface area contributed by atoms with Crippen LogP contribution in [0.25, 0.3) is 0 Å². The molecule has 0 bridgehead atoms. The van der Waals surface area contributed by atoms with E-state index in [4.69, 9.17) is 4.42 Å². The molecule has 0 aromatic carbocycles. The fraction of sp³-hybridized carbons (Fsp3) is 0.375. The van der Waals surface area contributed by atoms with E-state index in [2.05, 4.69) is 5.32 Å². The number of furan rings is 1. The molecule has 2 aromatic rings. The molecule has 2 rings (SSSR count). The number of aryl methyl sites for hydroxylation is 3. The Morgan fingerprint density at radius 2 is 2.18 bits per heavy atom. The summed E-state index contributed by atoms with van der Waals surface area (Å²) in [5.74, 6) is 0.977. The Labute approximate surface area is 128 Å². The number of aliphatic hydroxyl groups excluding tert-OH is 1. The normalized spacial score (nSPS) is 12.2. The lowest BCUT2D eigenvalue weighted by molar-refractivity contribution is 0.0940. The predicted octanol–water partition coefficient (Wildman–Crippen LogP) is 1.45. The number of amides is 1. The van der Waals surface area contributed by atoms with Crippen molar-refractivity contribution in [1.29, 1.82) is 0 Å². The first-order valence-electron chi connectivity index (χ1n) is 7.09. The number of carbonyl (C=O) groups excluding carboxylic acids is 1. The minimum Gasteiger partial charge on any atom is -0.466 e. The molecule has 2 N–H and O–H groups in total. The molecule has 0 radical (unpaired) electrons. The van der Waals surface area contributed by atoms with Crippen LogP contribution in [-0.2, 0) is 7.05 Å². The Bertz CT molecular complexity index is 730. The van der Waals surface area contributed by atoms with Crippen molar-refractivity contribution in [3.8, 4) is 0 Å². The zero-order valence-corrected chi connectivity index (χ0v) is 12.9. The van der Waals surface area contributed by atoms with Gasteiger partial charge in [0.1, 0.15) is 17.1 Å². The van der Waals surface area contributed by atoms with Crippen molar-refractivity contribution in [1.82, 2.24) is 9.88 Å². The average molecular weight is 304 g/mol. The van der Waals surface area contributed by atoms with E-state index in [9.17, 15) is 14.7 Å².